The van der Waals surface area contributed by atoms with E-state index in [4.69, 9.17) is 10.5 Å². The first-order chi connectivity index (χ1) is 8.33. The van der Waals surface area contributed by atoms with Crippen LogP contribution in [0.3, 0.4) is 0 Å². The number of rotatable bonds is 2. The molecule has 1 aromatic heterocycles. The molecule has 0 aliphatic carbocycles. The summed E-state index contributed by atoms with van der Waals surface area (Å²) in [7, 11) is 0. The van der Waals surface area contributed by atoms with E-state index in [1.54, 1.807) is 24.4 Å². The van der Waals surface area contributed by atoms with Crippen molar-refractivity contribution in [3.05, 3.63) is 36.5 Å². The number of nitriles is 2. The maximum atomic E-state index is 8.52. The third-order valence-corrected chi connectivity index (χ3v) is 2.11. The molecule has 2 aromatic rings. The van der Waals surface area contributed by atoms with Gasteiger partial charge in [0.2, 0.25) is 5.71 Å². The molecule has 0 bridgehead atoms. The van der Waals surface area contributed by atoms with Gasteiger partial charge in [-0.2, -0.15) is 15.6 Å². The normalized spacial score (nSPS) is 9.06. The smallest absolute Gasteiger partial charge is 0.237 e. The minimum atomic E-state index is -0.212. The fourth-order valence-electron chi connectivity index (χ4n) is 1.34. The average Bonchev–Trinajstić information content (AvgIpc) is 2.40. The van der Waals surface area contributed by atoms with Crippen molar-refractivity contribution < 1.29 is 0 Å². The fourth-order valence-corrected chi connectivity index (χ4v) is 1.34. The summed E-state index contributed by atoms with van der Waals surface area (Å²) in [6, 6.07) is 12.6. The van der Waals surface area contributed by atoms with Gasteiger partial charge in [-0.1, -0.05) is 6.07 Å². The van der Waals surface area contributed by atoms with Crippen molar-refractivity contribution in [1.82, 2.24) is 4.98 Å². The first-order valence-electron chi connectivity index (χ1n) is 4.82. The highest BCUT2D eigenvalue weighted by Crippen LogP contribution is 2.16. The minimum absolute atomic E-state index is 0.212. The molecule has 0 saturated heterocycles. The van der Waals surface area contributed by atoms with Gasteiger partial charge in [0.05, 0.1) is 11.2 Å². The van der Waals surface area contributed by atoms with Gasteiger partial charge in [0.15, 0.2) is 0 Å². The Morgan fingerprint density at radius 2 is 2.06 bits per heavy atom. The molecular weight excluding hydrogens is 214 g/mol. The summed E-state index contributed by atoms with van der Waals surface area (Å²) in [5, 5.41) is 21.7. The lowest BCUT2D eigenvalue weighted by Gasteiger charge is -2.01. The molecule has 2 rings (SSSR count). The number of aromatic nitrogens is 1. The number of pyridine rings is 1. The lowest BCUT2D eigenvalue weighted by molar-refractivity contribution is 1.34. The van der Waals surface area contributed by atoms with Gasteiger partial charge in [-0.3, -0.25) is 10.4 Å². The molecule has 0 spiro atoms. The summed E-state index contributed by atoms with van der Waals surface area (Å²) < 4.78 is 0. The van der Waals surface area contributed by atoms with E-state index in [9.17, 15) is 0 Å². The highest BCUT2D eigenvalue weighted by Gasteiger charge is 1.97. The zero-order valence-electron chi connectivity index (χ0n) is 8.75. The van der Waals surface area contributed by atoms with Crippen LogP contribution in [0.4, 0.5) is 5.69 Å². The maximum Gasteiger partial charge on any atom is 0.237 e. The second-order valence-electron chi connectivity index (χ2n) is 3.21. The third kappa shape index (κ3) is 2.36. The zero-order chi connectivity index (χ0) is 12.1. The van der Waals surface area contributed by atoms with Gasteiger partial charge < -0.3 is 0 Å². The molecule has 0 unspecified atom stereocenters. The number of hydrazone groups is 1. The van der Waals surface area contributed by atoms with Gasteiger partial charge in [-0.15, -0.1) is 0 Å². The van der Waals surface area contributed by atoms with Crippen LogP contribution in [-0.2, 0) is 0 Å². The molecule has 17 heavy (non-hydrogen) atoms. The number of hydrogen-bond donors (Lipinski definition) is 1. The van der Waals surface area contributed by atoms with Crippen LogP contribution < -0.4 is 5.43 Å². The van der Waals surface area contributed by atoms with Crippen molar-refractivity contribution in [2.45, 2.75) is 0 Å². The van der Waals surface area contributed by atoms with Gasteiger partial charge in [-0.25, -0.2) is 0 Å². The quantitative estimate of drug-likeness (QED) is 0.621. The summed E-state index contributed by atoms with van der Waals surface area (Å²) in [5.41, 5.74) is 4.02. The standard InChI is InChI=1S/C12H7N5/c13-7-11(8-14)17-16-10-3-4-12-9(6-10)2-1-5-15-12/h1-6,16H. The zero-order valence-corrected chi connectivity index (χ0v) is 8.75. The van der Waals surface area contributed by atoms with Crippen LogP contribution in [0.2, 0.25) is 0 Å². The molecule has 0 fully saturated rings. The summed E-state index contributed by atoms with van der Waals surface area (Å²) in [6.45, 7) is 0. The number of fused-ring (bicyclic) bond motifs is 1. The molecule has 5 heteroatoms. The number of benzene rings is 1. The van der Waals surface area contributed by atoms with E-state index in [2.05, 4.69) is 15.5 Å². The minimum Gasteiger partial charge on any atom is -0.276 e. The molecule has 1 heterocycles. The summed E-state index contributed by atoms with van der Waals surface area (Å²) in [5.74, 6) is 0. The van der Waals surface area contributed by atoms with Crippen molar-refractivity contribution in [2.24, 2.45) is 5.10 Å². The van der Waals surface area contributed by atoms with Gasteiger partial charge in [0.1, 0.15) is 12.1 Å². The molecule has 0 amide bonds. The molecular formula is C12H7N5. The Morgan fingerprint density at radius 3 is 2.82 bits per heavy atom. The Kier molecular flexibility index (Phi) is 2.95. The molecule has 0 atom stereocenters. The SMILES string of the molecule is N#CC(C#N)=NNc1ccc2ncccc2c1. The van der Waals surface area contributed by atoms with Gasteiger partial charge >= 0.3 is 0 Å². The van der Waals surface area contributed by atoms with Crippen molar-refractivity contribution in [3.8, 4) is 12.1 Å². The molecule has 1 aromatic carbocycles. The number of anilines is 1. The lowest BCUT2D eigenvalue weighted by Crippen LogP contribution is -1.96. The summed E-state index contributed by atoms with van der Waals surface area (Å²) >= 11 is 0. The van der Waals surface area contributed by atoms with E-state index in [1.807, 2.05) is 24.3 Å². The van der Waals surface area contributed by atoms with E-state index in [0.29, 0.717) is 5.69 Å². The van der Waals surface area contributed by atoms with E-state index in [0.717, 1.165) is 10.9 Å². The van der Waals surface area contributed by atoms with Crippen molar-refractivity contribution in [3.63, 3.8) is 0 Å². The third-order valence-electron chi connectivity index (χ3n) is 2.11. The van der Waals surface area contributed by atoms with Gasteiger partial charge in [0, 0.05) is 11.6 Å². The number of hydrogen-bond acceptors (Lipinski definition) is 5. The van der Waals surface area contributed by atoms with E-state index < -0.39 is 0 Å². The van der Waals surface area contributed by atoms with Crippen LogP contribution in [0.15, 0.2) is 41.6 Å². The fraction of sp³-hybridized carbons (Fsp3) is 0. The Labute approximate surface area is 97.6 Å². The van der Waals surface area contributed by atoms with Crippen LogP contribution in [0.1, 0.15) is 0 Å². The van der Waals surface area contributed by atoms with Crippen LogP contribution in [0.5, 0.6) is 0 Å². The second kappa shape index (κ2) is 4.73. The van der Waals surface area contributed by atoms with Gasteiger partial charge in [0.25, 0.3) is 0 Å². The highest BCUT2D eigenvalue weighted by atomic mass is 15.3. The Balaban J connectivity index is 2.30. The number of nitrogens with one attached hydrogen (secondary N) is 1. The Bertz CT molecular complexity index is 644. The van der Waals surface area contributed by atoms with Gasteiger partial charge in [-0.05, 0) is 24.3 Å². The predicted molar refractivity (Wildman–Crippen MR) is 64.0 cm³/mol. The van der Waals surface area contributed by atoms with Crippen LogP contribution in [0.25, 0.3) is 10.9 Å². The molecule has 0 aliphatic heterocycles. The first-order valence-corrected chi connectivity index (χ1v) is 4.82. The highest BCUT2D eigenvalue weighted by molar-refractivity contribution is 6.10. The van der Waals surface area contributed by atoms with Crippen LogP contribution in [-0.4, -0.2) is 10.7 Å². The maximum absolute atomic E-state index is 8.52. The summed E-state index contributed by atoms with van der Waals surface area (Å²) in [4.78, 5) is 4.18. The average molecular weight is 221 g/mol. The van der Waals surface area contributed by atoms with Crippen LogP contribution in [0, 0.1) is 22.7 Å². The molecule has 80 valence electrons. The van der Waals surface area contributed by atoms with Crippen molar-refractivity contribution in [2.75, 3.05) is 5.43 Å². The Morgan fingerprint density at radius 1 is 1.24 bits per heavy atom. The van der Waals surface area contributed by atoms with E-state index in [1.165, 1.54) is 0 Å². The lowest BCUT2D eigenvalue weighted by atomic mass is 10.2. The van der Waals surface area contributed by atoms with E-state index in [-0.39, 0.29) is 5.71 Å². The van der Waals surface area contributed by atoms with Crippen molar-refractivity contribution >= 4 is 22.3 Å². The van der Waals surface area contributed by atoms with E-state index >= 15 is 0 Å². The molecule has 0 radical (unpaired) electrons. The topological polar surface area (TPSA) is 84.9 Å². The predicted octanol–water partition coefficient (Wildman–Crippen LogP) is 2.05. The van der Waals surface area contributed by atoms with Crippen molar-refractivity contribution in [1.29, 1.82) is 10.5 Å². The monoisotopic (exact) mass is 221 g/mol. The number of nitrogens with zero attached hydrogens (tertiary/aromatic N) is 4. The molecule has 5 nitrogen and oxygen atoms in total. The first kappa shape index (κ1) is 10.6. The Hall–Kier alpha value is -2.92. The molecule has 0 saturated carbocycles. The molecule has 1 N–H and O–H groups in total. The van der Waals surface area contributed by atoms with Crippen LogP contribution >= 0.6 is 0 Å². The largest absolute Gasteiger partial charge is 0.276 e. The summed E-state index contributed by atoms with van der Waals surface area (Å²) in [6.07, 6.45) is 1.72. The second-order valence-corrected chi connectivity index (χ2v) is 3.21. The molecule has 0 aliphatic rings.